The third-order valence-electron chi connectivity index (χ3n) is 4.98. The molecule has 1 saturated heterocycles. The van der Waals surface area contributed by atoms with Crippen molar-refractivity contribution in [3.63, 3.8) is 0 Å². The summed E-state index contributed by atoms with van der Waals surface area (Å²) in [5, 5.41) is 20.1. The minimum absolute atomic E-state index is 0.0280. The lowest BCUT2D eigenvalue weighted by molar-refractivity contribution is -0.0132. The summed E-state index contributed by atoms with van der Waals surface area (Å²) in [5.74, 6) is 0. The van der Waals surface area contributed by atoms with Crippen LogP contribution in [-0.2, 0) is 4.74 Å². The lowest BCUT2D eigenvalue weighted by atomic mass is 9.92. The number of aromatic amines is 1. The fourth-order valence-electron chi connectivity index (χ4n) is 3.22. The molecule has 0 amide bonds. The van der Waals surface area contributed by atoms with Gasteiger partial charge in [-0.05, 0) is 32.8 Å². The molecule has 132 valence electrons. The maximum Gasteiger partial charge on any atom is 0.268 e. The van der Waals surface area contributed by atoms with Crippen LogP contribution in [-0.4, -0.2) is 40.9 Å². The number of nitrogens with one attached hydrogen (secondary N) is 1. The zero-order valence-corrected chi connectivity index (χ0v) is 14.6. The number of piperidine rings is 1. The van der Waals surface area contributed by atoms with Gasteiger partial charge >= 0.3 is 0 Å². The SMILES string of the molecule is [2H]C(C)(O)c1cc2c(N3CCC(C)(OC)CC3)c(C#N)c(=O)[nH]c2cn1. The van der Waals surface area contributed by atoms with Crippen LogP contribution in [0, 0.1) is 11.3 Å². The van der Waals surface area contributed by atoms with Gasteiger partial charge in [0.25, 0.3) is 5.56 Å². The number of fused-ring (bicyclic) bond motifs is 1. The Kier molecular flexibility index (Phi) is 4.15. The van der Waals surface area contributed by atoms with E-state index in [0.29, 0.717) is 29.7 Å². The van der Waals surface area contributed by atoms with Gasteiger partial charge in [-0.2, -0.15) is 5.26 Å². The fraction of sp³-hybridized carbons (Fsp3) is 0.500. The van der Waals surface area contributed by atoms with Crippen molar-refractivity contribution in [3.8, 4) is 6.07 Å². The summed E-state index contributed by atoms with van der Waals surface area (Å²) < 4.78 is 13.4. The van der Waals surface area contributed by atoms with Gasteiger partial charge in [-0.1, -0.05) is 0 Å². The maximum atomic E-state index is 12.3. The number of rotatable bonds is 3. The predicted molar refractivity (Wildman–Crippen MR) is 94.6 cm³/mol. The van der Waals surface area contributed by atoms with Crippen molar-refractivity contribution in [3.05, 3.63) is 33.9 Å². The lowest BCUT2D eigenvalue weighted by Crippen LogP contribution is -2.44. The Morgan fingerprint density at radius 3 is 2.80 bits per heavy atom. The second-order valence-electron chi connectivity index (χ2n) is 6.63. The second-order valence-corrected chi connectivity index (χ2v) is 6.63. The first kappa shape index (κ1) is 16.1. The predicted octanol–water partition coefficient (Wildman–Crippen LogP) is 1.85. The molecule has 0 spiro atoms. The minimum atomic E-state index is -1.87. The molecule has 1 fully saturated rings. The van der Waals surface area contributed by atoms with Crippen molar-refractivity contribution < 1.29 is 11.2 Å². The Morgan fingerprint density at radius 2 is 2.24 bits per heavy atom. The highest BCUT2D eigenvalue weighted by atomic mass is 16.5. The van der Waals surface area contributed by atoms with E-state index in [-0.39, 0.29) is 16.9 Å². The summed E-state index contributed by atoms with van der Waals surface area (Å²) in [4.78, 5) is 21.1. The third kappa shape index (κ3) is 3.11. The Balaban J connectivity index is 2.19. The topological polar surface area (TPSA) is 102 Å². The summed E-state index contributed by atoms with van der Waals surface area (Å²) >= 11 is 0. The average molecular weight is 343 g/mol. The number of pyridine rings is 2. The first-order valence-corrected chi connectivity index (χ1v) is 8.17. The van der Waals surface area contributed by atoms with Crippen LogP contribution in [0.15, 0.2) is 17.1 Å². The zero-order chi connectivity index (χ0) is 19.1. The van der Waals surface area contributed by atoms with Crippen molar-refractivity contribution >= 4 is 16.6 Å². The molecule has 2 aromatic rings. The van der Waals surface area contributed by atoms with Crippen molar-refractivity contribution in [2.75, 3.05) is 25.1 Å². The van der Waals surface area contributed by atoms with Crippen LogP contribution in [0.5, 0.6) is 0 Å². The van der Waals surface area contributed by atoms with E-state index < -0.39 is 11.6 Å². The zero-order valence-electron chi connectivity index (χ0n) is 15.6. The normalized spacial score (nSPS) is 20.0. The molecule has 25 heavy (non-hydrogen) atoms. The minimum Gasteiger partial charge on any atom is -0.387 e. The molecular formula is C18H22N4O3. The first-order chi connectivity index (χ1) is 12.2. The summed E-state index contributed by atoms with van der Waals surface area (Å²) in [5.41, 5.74) is 0.482. The van der Waals surface area contributed by atoms with Crippen LogP contribution in [0.4, 0.5) is 5.69 Å². The van der Waals surface area contributed by atoms with Gasteiger partial charge in [0.05, 0.1) is 36.1 Å². The summed E-state index contributed by atoms with van der Waals surface area (Å²) in [6.45, 7) is 4.63. The highest BCUT2D eigenvalue weighted by Crippen LogP contribution is 2.33. The number of H-pyrrole nitrogens is 1. The molecule has 7 nitrogen and oxygen atoms in total. The molecule has 0 bridgehead atoms. The average Bonchev–Trinajstić information content (AvgIpc) is 2.60. The smallest absolute Gasteiger partial charge is 0.268 e. The van der Waals surface area contributed by atoms with Gasteiger partial charge in [0.2, 0.25) is 0 Å². The molecule has 7 heteroatoms. The fourth-order valence-corrected chi connectivity index (χ4v) is 3.22. The van der Waals surface area contributed by atoms with E-state index in [4.69, 9.17) is 6.11 Å². The lowest BCUT2D eigenvalue weighted by Gasteiger charge is -2.40. The highest BCUT2D eigenvalue weighted by molar-refractivity contribution is 5.94. The molecule has 0 aromatic carbocycles. The van der Waals surface area contributed by atoms with Crippen LogP contribution in [0.3, 0.4) is 0 Å². The van der Waals surface area contributed by atoms with Crippen LogP contribution >= 0.6 is 0 Å². The summed E-state index contributed by atoms with van der Waals surface area (Å²) in [7, 11) is 1.69. The second kappa shape index (κ2) is 6.47. The molecule has 1 unspecified atom stereocenters. The van der Waals surface area contributed by atoms with E-state index in [9.17, 15) is 15.2 Å². The molecule has 1 aliphatic heterocycles. The molecule has 0 aliphatic carbocycles. The van der Waals surface area contributed by atoms with Crippen LogP contribution in [0.1, 0.15) is 45.4 Å². The Bertz CT molecular complexity index is 934. The monoisotopic (exact) mass is 343 g/mol. The third-order valence-corrected chi connectivity index (χ3v) is 4.98. The van der Waals surface area contributed by atoms with E-state index in [2.05, 4.69) is 9.97 Å². The summed E-state index contributed by atoms with van der Waals surface area (Å²) in [6, 6.07) is 3.57. The van der Waals surface area contributed by atoms with Crippen molar-refractivity contribution in [1.29, 1.82) is 5.26 Å². The standard InChI is InChI=1S/C18H22N4O3/c1-11(23)14-8-12-15(10-20-14)21-17(24)13(9-19)16(12)22-6-4-18(2,25-3)5-7-22/h8,10-11,23H,4-7H2,1-3H3,(H,21,24)/i11D. The number of hydrogen-bond acceptors (Lipinski definition) is 6. The van der Waals surface area contributed by atoms with Crippen LogP contribution in [0.25, 0.3) is 10.9 Å². The van der Waals surface area contributed by atoms with Gasteiger partial charge in [0, 0.05) is 25.6 Å². The van der Waals surface area contributed by atoms with E-state index in [1.54, 1.807) is 13.2 Å². The molecule has 1 atom stereocenters. The molecule has 2 aromatic heterocycles. The highest BCUT2D eigenvalue weighted by Gasteiger charge is 2.32. The molecule has 3 rings (SSSR count). The van der Waals surface area contributed by atoms with Crippen molar-refractivity contribution in [1.82, 2.24) is 9.97 Å². The Hall–Kier alpha value is -2.43. The molecule has 1 aliphatic rings. The number of aromatic nitrogens is 2. The quantitative estimate of drug-likeness (QED) is 0.882. The number of aliphatic hydroxyl groups is 1. The number of nitrogens with zero attached hydrogens (tertiary/aromatic N) is 3. The van der Waals surface area contributed by atoms with E-state index in [1.807, 2.05) is 17.9 Å². The van der Waals surface area contributed by atoms with Gasteiger partial charge in [-0.25, -0.2) is 0 Å². The largest absolute Gasteiger partial charge is 0.387 e. The van der Waals surface area contributed by atoms with Gasteiger partial charge in [-0.15, -0.1) is 0 Å². The van der Waals surface area contributed by atoms with Gasteiger partial charge in [-0.3, -0.25) is 9.78 Å². The van der Waals surface area contributed by atoms with Crippen molar-refractivity contribution in [2.45, 2.75) is 38.4 Å². The van der Waals surface area contributed by atoms with E-state index in [0.717, 1.165) is 12.8 Å². The number of hydrogen-bond donors (Lipinski definition) is 2. The van der Waals surface area contributed by atoms with Gasteiger partial charge in [0.1, 0.15) is 11.6 Å². The van der Waals surface area contributed by atoms with Crippen molar-refractivity contribution in [2.24, 2.45) is 0 Å². The molecule has 0 radical (unpaired) electrons. The first-order valence-electron chi connectivity index (χ1n) is 8.67. The number of ether oxygens (including phenoxy) is 1. The van der Waals surface area contributed by atoms with E-state index >= 15 is 0 Å². The number of methoxy groups -OCH3 is 1. The molecule has 3 heterocycles. The summed E-state index contributed by atoms with van der Waals surface area (Å²) in [6.07, 6.45) is 1.07. The Labute approximate surface area is 147 Å². The maximum absolute atomic E-state index is 12.3. The molecule has 0 saturated carbocycles. The van der Waals surface area contributed by atoms with Gasteiger partial charge < -0.3 is 19.7 Å². The van der Waals surface area contributed by atoms with Gasteiger partial charge in [0.15, 0.2) is 0 Å². The molecule has 2 N–H and O–H groups in total. The Morgan fingerprint density at radius 1 is 1.56 bits per heavy atom. The number of nitriles is 1. The number of anilines is 1. The molecular weight excluding hydrogens is 320 g/mol. The van der Waals surface area contributed by atoms with E-state index in [1.165, 1.54) is 13.1 Å². The van der Waals surface area contributed by atoms with Crippen LogP contribution < -0.4 is 10.5 Å². The van der Waals surface area contributed by atoms with Crippen LogP contribution in [0.2, 0.25) is 0 Å².